The molecule has 1 aromatic heterocycles. The van der Waals surface area contributed by atoms with Crippen LogP contribution in [0.5, 0.6) is 0 Å². The zero-order chi connectivity index (χ0) is 13.8. The van der Waals surface area contributed by atoms with Crippen LogP contribution in [0.15, 0.2) is 41.7 Å². The summed E-state index contributed by atoms with van der Waals surface area (Å²) in [7, 11) is 0. The minimum absolute atomic E-state index is 0.0934. The Morgan fingerprint density at radius 2 is 2.26 bits per heavy atom. The van der Waals surface area contributed by atoms with E-state index in [0.717, 1.165) is 0 Å². The van der Waals surface area contributed by atoms with Gasteiger partial charge >= 0.3 is 5.69 Å². The number of nitrogens with zero attached hydrogens (tertiary/aromatic N) is 4. The maximum atomic E-state index is 10.6. The molecule has 0 aliphatic rings. The highest BCUT2D eigenvalue weighted by atomic mass is 35.5. The molecule has 0 bridgehead atoms. The van der Waals surface area contributed by atoms with E-state index in [9.17, 15) is 10.1 Å². The summed E-state index contributed by atoms with van der Waals surface area (Å²) in [6.45, 7) is 0. The summed E-state index contributed by atoms with van der Waals surface area (Å²) in [6, 6.07) is 7.01. The molecule has 0 aliphatic carbocycles. The van der Waals surface area contributed by atoms with Crippen molar-refractivity contribution in [3.05, 3.63) is 46.8 Å². The minimum atomic E-state index is -0.511. The topological polar surface area (TPSA) is 99.3 Å². The van der Waals surface area contributed by atoms with Gasteiger partial charge in [0.05, 0.1) is 22.2 Å². The van der Waals surface area contributed by atoms with Gasteiger partial charge in [-0.15, -0.1) is 11.6 Å². The second-order valence-electron chi connectivity index (χ2n) is 3.63. The maximum Gasteiger partial charge on any atom is 0.307 e. The Hall–Kier alpha value is -2.41. The molecule has 2 aromatic rings. The fraction of sp³-hybridized carbons (Fsp3) is 0.0909. The summed E-state index contributed by atoms with van der Waals surface area (Å²) < 4.78 is 1.37. The Kier molecular flexibility index (Phi) is 3.76. The van der Waals surface area contributed by atoms with E-state index in [0.29, 0.717) is 11.4 Å². The van der Waals surface area contributed by atoms with Crippen molar-refractivity contribution in [2.45, 2.75) is 0 Å². The van der Waals surface area contributed by atoms with E-state index in [1.807, 2.05) is 0 Å². The Labute approximate surface area is 113 Å². The summed E-state index contributed by atoms with van der Waals surface area (Å²) in [5.41, 5.74) is 6.62. The number of para-hydroxylation sites is 2. The van der Waals surface area contributed by atoms with Crippen LogP contribution in [0.4, 0.5) is 11.4 Å². The number of benzene rings is 1. The number of amidine groups is 1. The third kappa shape index (κ3) is 2.89. The number of halogens is 1. The number of rotatable bonds is 4. The molecule has 7 nitrogen and oxygen atoms in total. The molecule has 0 saturated carbocycles. The number of aliphatic imine (C=N–C) groups is 1. The van der Waals surface area contributed by atoms with E-state index in [-0.39, 0.29) is 17.4 Å². The second-order valence-corrected chi connectivity index (χ2v) is 3.89. The predicted octanol–water partition coefficient (Wildman–Crippen LogP) is 2.01. The third-order valence-corrected chi connectivity index (χ3v) is 2.58. The monoisotopic (exact) mass is 279 g/mol. The fourth-order valence-electron chi connectivity index (χ4n) is 1.48. The molecule has 0 radical (unpaired) electrons. The average Bonchev–Trinajstić information content (AvgIpc) is 2.89. The lowest BCUT2D eigenvalue weighted by molar-refractivity contribution is -0.384. The number of nitrogens with two attached hydrogens (primary N) is 1. The normalized spacial score (nSPS) is 11.5. The van der Waals surface area contributed by atoms with Crippen molar-refractivity contribution in [2.24, 2.45) is 10.7 Å². The first-order valence-corrected chi connectivity index (χ1v) is 5.82. The third-order valence-electron chi connectivity index (χ3n) is 2.31. The molecule has 0 saturated heterocycles. The van der Waals surface area contributed by atoms with Crippen LogP contribution < -0.4 is 5.73 Å². The van der Waals surface area contributed by atoms with Crippen LogP contribution in [0.3, 0.4) is 0 Å². The van der Waals surface area contributed by atoms with Crippen molar-refractivity contribution in [2.75, 3.05) is 5.88 Å². The molecule has 0 aliphatic heterocycles. The number of alkyl halides is 1. The highest BCUT2D eigenvalue weighted by Gasteiger charge is 2.12. The van der Waals surface area contributed by atoms with Crippen LogP contribution in [0.1, 0.15) is 0 Å². The summed E-state index contributed by atoms with van der Waals surface area (Å²) in [4.78, 5) is 14.3. The molecule has 0 spiro atoms. The van der Waals surface area contributed by atoms with E-state index in [1.54, 1.807) is 24.3 Å². The van der Waals surface area contributed by atoms with Crippen LogP contribution >= 0.6 is 11.6 Å². The molecule has 8 heteroatoms. The van der Waals surface area contributed by atoms with Crippen molar-refractivity contribution in [1.82, 2.24) is 9.78 Å². The van der Waals surface area contributed by atoms with Crippen LogP contribution in [-0.4, -0.2) is 26.4 Å². The smallest absolute Gasteiger partial charge is 0.307 e. The van der Waals surface area contributed by atoms with E-state index >= 15 is 0 Å². The van der Waals surface area contributed by atoms with Crippen LogP contribution in [0.25, 0.3) is 5.69 Å². The fourth-order valence-corrected chi connectivity index (χ4v) is 1.54. The molecule has 19 heavy (non-hydrogen) atoms. The van der Waals surface area contributed by atoms with Crippen LogP contribution in [0, 0.1) is 10.1 Å². The van der Waals surface area contributed by atoms with Gasteiger partial charge in [-0.2, -0.15) is 5.10 Å². The summed E-state index contributed by atoms with van der Waals surface area (Å²) >= 11 is 5.58. The van der Waals surface area contributed by atoms with Gasteiger partial charge in [0, 0.05) is 0 Å². The van der Waals surface area contributed by atoms with Crippen LogP contribution in [0.2, 0.25) is 0 Å². The van der Waals surface area contributed by atoms with Gasteiger partial charge < -0.3 is 5.73 Å². The number of nitro groups is 1. The molecule has 0 atom stereocenters. The lowest BCUT2D eigenvalue weighted by Gasteiger charge is -2.05. The largest absolute Gasteiger partial charge is 0.386 e. The lowest BCUT2D eigenvalue weighted by atomic mass is 10.2. The SMILES string of the molecule is NC(CCl)=Nc1ccccc1-n1cc([N+](=O)[O-])cn1. The first kappa shape index (κ1) is 13.0. The first-order valence-electron chi connectivity index (χ1n) is 5.29. The van der Waals surface area contributed by atoms with Gasteiger partial charge in [-0.1, -0.05) is 12.1 Å². The van der Waals surface area contributed by atoms with Gasteiger partial charge in [-0.05, 0) is 12.1 Å². The highest BCUT2D eigenvalue weighted by Crippen LogP contribution is 2.24. The van der Waals surface area contributed by atoms with Crippen molar-refractivity contribution < 1.29 is 4.92 Å². The highest BCUT2D eigenvalue weighted by molar-refractivity contribution is 6.28. The van der Waals surface area contributed by atoms with Gasteiger partial charge in [-0.3, -0.25) is 10.1 Å². The summed E-state index contributed by atoms with van der Waals surface area (Å²) in [5, 5.41) is 14.6. The molecule has 0 amide bonds. The van der Waals surface area contributed by atoms with E-state index in [1.165, 1.54) is 17.1 Å². The molecule has 98 valence electrons. The molecule has 0 unspecified atom stereocenters. The second kappa shape index (κ2) is 5.49. The van der Waals surface area contributed by atoms with Gasteiger partial charge in [0.25, 0.3) is 0 Å². The van der Waals surface area contributed by atoms with Gasteiger partial charge in [-0.25, -0.2) is 9.67 Å². The Balaban J connectivity index is 2.46. The first-order chi connectivity index (χ1) is 9.11. The molecule has 0 fully saturated rings. The molecular formula is C11H10ClN5O2. The number of hydrogen-bond donors (Lipinski definition) is 1. The maximum absolute atomic E-state index is 10.6. The molecule has 1 heterocycles. The molecular weight excluding hydrogens is 270 g/mol. The standard InChI is InChI=1S/C11H10ClN5O2/c12-5-11(13)15-9-3-1-2-4-10(9)16-7-8(6-14-16)17(18)19/h1-4,6-7H,5H2,(H2,13,15). The van der Waals surface area contributed by atoms with E-state index < -0.39 is 4.92 Å². The van der Waals surface area contributed by atoms with Crippen molar-refractivity contribution in [3.8, 4) is 5.69 Å². The molecule has 2 N–H and O–H groups in total. The average molecular weight is 280 g/mol. The Morgan fingerprint density at radius 1 is 1.53 bits per heavy atom. The van der Waals surface area contributed by atoms with Crippen molar-refractivity contribution >= 4 is 28.8 Å². The number of hydrogen-bond acceptors (Lipinski definition) is 4. The van der Waals surface area contributed by atoms with Gasteiger partial charge in [0.1, 0.15) is 18.2 Å². The molecule has 2 rings (SSSR count). The number of aromatic nitrogens is 2. The summed E-state index contributed by atoms with van der Waals surface area (Å²) in [6.07, 6.45) is 2.48. The lowest BCUT2D eigenvalue weighted by Crippen LogP contribution is -2.12. The predicted molar refractivity (Wildman–Crippen MR) is 72.2 cm³/mol. The molecule has 1 aromatic carbocycles. The van der Waals surface area contributed by atoms with Gasteiger partial charge in [0.2, 0.25) is 0 Å². The summed E-state index contributed by atoms with van der Waals surface area (Å²) in [5.74, 6) is 0.365. The van der Waals surface area contributed by atoms with Crippen molar-refractivity contribution in [3.63, 3.8) is 0 Å². The Bertz CT molecular complexity index is 638. The van der Waals surface area contributed by atoms with Crippen LogP contribution in [-0.2, 0) is 0 Å². The zero-order valence-corrected chi connectivity index (χ0v) is 10.5. The zero-order valence-electron chi connectivity index (χ0n) is 9.73. The Morgan fingerprint density at radius 3 is 2.89 bits per heavy atom. The van der Waals surface area contributed by atoms with Crippen molar-refractivity contribution in [1.29, 1.82) is 0 Å². The van der Waals surface area contributed by atoms with E-state index in [4.69, 9.17) is 17.3 Å². The van der Waals surface area contributed by atoms with E-state index in [2.05, 4.69) is 10.1 Å². The quantitative estimate of drug-likeness (QED) is 0.304. The van der Waals surface area contributed by atoms with Gasteiger partial charge in [0.15, 0.2) is 0 Å². The minimum Gasteiger partial charge on any atom is -0.386 e.